The SMILES string of the molecule is CC(C)(C)OC(=O)N1CCC2(CC1)CN[C@H](c1ccc(C(F)(F)F)cc1)CN2C(=O)OC(C)(C)C. The Morgan fingerprint density at radius 1 is 0.914 bits per heavy atom. The van der Waals surface area contributed by atoms with E-state index in [4.69, 9.17) is 9.47 Å². The Morgan fingerprint density at radius 3 is 1.91 bits per heavy atom. The number of rotatable bonds is 1. The topological polar surface area (TPSA) is 71.1 Å². The van der Waals surface area contributed by atoms with Crippen molar-refractivity contribution in [1.29, 1.82) is 0 Å². The number of hydrogen-bond donors (Lipinski definition) is 1. The number of likely N-dealkylation sites (tertiary alicyclic amines) is 1. The van der Waals surface area contributed by atoms with Gasteiger partial charge in [0.2, 0.25) is 0 Å². The van der Waals surface area contributed by atoms with Gasteiger partial charge >= 0.3 is 18.4 Å². The quantitative estimate of drug-likeness (QED) is 0.564. The maximum Gasteiger partial charge on any atom is 0.416 e. The molecule has 2 amide bonds. The zero-order valence-corrected chi connectivity index (χ0v) is 21.3. The van der Waals surface area contributed by atoms with E-state index in [1.807, 2.05) is 20.8 Å². The first kappa shape index (κ1) is 27.1. The van der Waals surface area contributed by atoms with Crippen molar-refractivity contribution in [3.8, 4) is 0 Å². The van der Waals surface area contributed by atoms with E-state index >= 15 is 0 Å². The van der Waals surface area contributed by atoms with Crippen LogP contribution >= 0.6 is 0 Å². The van der Waals surface area contributed by atoms with Gasteiger partial charge in [-0.3, -0.25) is 4.90 Å². The summed E-state index contributed by atoms with van der Waals surface area (Å²) in [5, 5.41) is 3.42. The van der Waals surface area contributed by atoms with Crippen LogP contribution in [0.4, 0.5) is 22.8 Å². The van der Waals surface area contributed by atoms with Crippen LogP contribution in [0, 0.1) is 0 Å². The molecule has 0 saturated carbocycles. The van der Waals surface area contributed by atoms with Gasteiger partial charge in [0.15, 0.2) is 0 Å². The molecule has 2 aliphatic heterocycles. The molecule has 7 nitrogen and oxygen atoms in total. The Balaban J connectivity index is 1.79. The lowest BCUT2D eigenvalue weighted by Gasteiger charge is -2.53. The number of amides is 2. The van der Waals surface area contributed by atoms with Gasteiger partial charge in [-0.25, -0.2) is 9.59 Å². The fourth-order valence-electron chi connectivity index (χ4n) is 4.44. The summed E-state index contributed by atoms with van der Waals surface area (Å²) in [6.45, 7) is 12.3. The molecule has 1 spiro atoms. The first-order chi connectivity index (χ1) is 16.0. The standard InChI is InChI=1S/C25H36F3N3O4/c1-22(2,3)34-20(32)30-13-11-24(12-14-30)16-29-19(15-31(24)21(33)35-23(4,5)6)17-7-9-18(10-8-17)25(26,27)28/h7-10,19,29H,11-16H2,1-6H3/t19-/m0/s1. The molecule has 1 aromatic carbocycles. The van der Waals surface area contributed by atoms with Crippen LogP contribution < -0.4 is 5.32 Å². The normalized spacial score (nSPS) is 21.1. The summed E-state index contributed by atoms with van der Waals surface area (Å²) in [7, 11) is 0. The molecule has 0 radical (unpaired) electrons. The lowest BCUT2D eigenvalue weighted by molar-refractivity contribution is -0.137. The van der Waals surface area contributed by atoms with Crippen LogP contribution in [0.1, 0.15) is 71.6 Å². The van der Waals surface area contributed by atoms with Crippen molar-refractivity contribution in [3.05, 3.63) is 35.4 Å². The van der Waals surface area contributed by atoms with Crippen LogP contribution in [-0.4, -0.2) is 64.9 Å². The molecule has 2 aliphatic rings. The van der Waals surface area contributed by atoms with Crippen LogP contribution in [0.2, 0.25) is 0 Å². The number of carbonyl (C=O) groups is 2. The molecule has 2 fully saturated rings. The Bertz CT molecular complexity index is 912. The first-order valence-electron chi connectivity index (χ1n) is 11.9. The number of halogens is 3. The highest BCUT2D eigenvalue weighted by atomic mass is 19.4. The number of carbonyl (C=O) groups excluding carboxylic acids is 2. The number of nitrogens with zero attached hydrogens (tertiary/aromatic N) is 2. The van der Waals surface area contributed by atoms with Crippen LogP contribution in [-0.2, 0) is 15.7 Å². The van der Waals surface area contributed by atoms with E-state index in [0.717, 1.165) is 12.1 Å². The zero-order chi connectivity index (χ0) is 26.2. The van der Waals surface area contributed by atoms with Gasteiger partial charge in [0.1, 0.15) is 11.2 Å². The summed E-state index contributed by atoms with van der Waals surface area (Å²) in [6.07, 6.45) is -4.21. The molecule has 10 heteroatoms. The van der Waals surface area contributed by atoms with E-state index in [2.05, 4.69) is 5.32 Å². The molecule has 196 valence electrons. The largest absolute Gasteiger partial charge is 0.444 e. The molecule has 1 N–H and O–H groups in total. The summed E-state index contributed by atoms with van der Waals surface area (Å²) < 4.78 is 50.1. The molecule has 0 aliphatic carbocycles. The molecular weight excluding hydrogens is 463 g/mol. The number of alkyl halides is 3. The molecule has 35 heavy (non-hydrogen) atoms. The number of nitrogens with one attached hydrogen (secondary N) is 1. The summed E-state index contributed by atoms with van der Waals surface area (Å²) >= 11 is 0. The van der Waals surface area contributed by atoms with Crippen molar-refractivity contribution in [2.45, 2.75) is 83.3 Å². The molecule has 0 bridgehead atoms. The molecule has 0 aromatic heterocycles. The van der Waals surface area contributed by atoms with Crippen LogP contribution in [0.25, 0.3) is 0 Å². The van der Waals surface area contributed by atoms with Gasteiger partial charge in [0.25, 0.3) is 0 Å². The van der Waals surface area contributed by atoms with Crippen LogP contribution in [0.5, 0.6) is 0 Å². The van der Waals surface area contributed by atoms with Crippen LogP contribution in [0.15, 0.2) is 24.3 Å². The smallest absolute Gasteiger partial charge is 0.416 e. The fraction of sp³-hybridized carbons (Fsp3) is 0.680. The van der Waals surface area contributed by atoms with Crippen molar-refractivity contribution >= 4 is 12.2 Å². The van der Waals surface area contributed by atoms with Gasteiger partial charge in [0.05, 0.1) is 17.1 Å². The molecule has 2 heterocycles. The Hall–Kier alpha value is -2.49. The summed E-state index contributed by atoms with van der Waals surface area (Å²) in [5.41, 5.74) is -1.94. The van der Waals surface area contributed by atoms with Crippen molar-refractivity contribution in [3.63, 3.8) is 0 Å². The predicted octanol–water partition coefficient (Wildman–Crippen LogP) is 5.36. The predicted molar refractivity (Wildman–Crippen MR) is 125 cm³/mol. The van der Waals surface area contributed by atoms with E-state index in [1.165, 1.54) is 12.1 Å². The van der Waals surface area contributed by atoms with Crippen molar-refractivity contribution in [1.82, 2.24) is 15.1 Å². The summed E-state index contributed by atoms with van der Waals surface area (Å²) in [5.74, 6) is 0. The Morgan fingerprint density at radius 2 is 1.43 bits per heavy atom. The maximum atomic E-state index is 13.3. The van der Waals surface area contributed by atoms with Gasteiger partial charge in [-0.05, 0) is 72.1 Å². The van der Waals surface area contributed by atoms with Gasteiger partial charge < -0.3 is 19.7 Å². The number of ether oxygens (including phenoxy) is 2. The van der Waals surface area contributed by atoms with Crippen molar-refractivity contribution in [2.75, 3.05) is 26.2 Å². The van der Waals surface area contributed by atoms with E-state index in [1.54, 1.807) is 30.6 Å². The van der Waals surface area contributed by atoms with Crippen molar-refractivity contribution < 1.29 is 32.2 Å². The molecule has 3 rings (SSSR count). The Kier molecular flexibility index (Phi) is 7.37. The van der Waals surface area contributed by atoms with Crippen molar-refractivity contribution in [2.24, 2.45) is 0 Å². The third-order valence-electron chi connectivity index (χ3n) is 6.22. The minimum Gasteiger partial charge on any atom is -0.444 e. The second-order valence-electron chi connectivity index (χ2n) is 11.3. The van der Waals surface area contributed by atoms with Gasteiger partial charge in [0, 0.05) is 26.2 Å². The number of benzene rings is 1. The summed E-state index contributed by atoms with van der Waals surface area (Å²) in [6, 6.07) is 4.64. The second kappa shape index (κ2) is 9.52. The van der Waals surface area contributed by atoms with E-state index < -0.39 is 34.6 Å². The second-order valence-corrected chi connectivity index (χ2v) is 11.3. The highest BCUT2D eigenvalue weighted by Gasteiger charge is 2.48. The minimum atomic E-state index is -4.41. The van der Waals surface area contributed by atoms with Crippen LogP contribution in [0.3, 0.4) is 0 Å². The third kappa shape index (κ3) is 6.80. The molecule has 2 saturated heterocycles. The Labute approximate surface area is 204 Å². The zero-order valence-electron chi connectivity index (χ0n) is 21.3. The van der Waals surface area contributed by atoms with E-state index in [0.29, 0.717) is 38.0 Å². The number of hydrogen-bond acceptors (Lipinski definition) is 5. The first-order valence-corrected chi connectivity index (χ1v) is 11.9. The molecular formula is C25H36F3N3O4. The van der Waals surface area contributed by atoms with Gasteiger partial charge in [-0.1, -0.05) is 12.1 Å². The van der Waals surface area contributed by atoms with E-state index in [-0.39, 0.29) is 18.7 Å². The number of piperazine rings is 1. The minimum absolute atomic E-state index is 0.243. The van der Waals surface area contributed by atoms with Gasteiger partial charge in [-0.15, -0.1) is 0 Å². The molecule has 1 aromatic rings. The van der Waals surface area contributed by atoms with Gasteiger partial charge in [-0.2, -0.15) is 13.2 Å². The molecule has 1 atom stereocenters. The number of piperidine rings is 1. The lowest BCUT2D eigenvalue weighted by atomic mass is 9.82. The molecule has 0 unspecified atom stereocenters. The fourth-order valence-corrected chi connectivity index (χ4v) is 4.44. The average molecular weight is 500 g/mol. The third-order valence-corrected chi connectivity index (χ3v) is 6.22. The highest BCUT2D eigenvalue weighted by molar-refractivity contribution is 5.71. The average Bonchev–Trinajstić information content (AvgIpc) is 2.71. The monoisotopic (exact) mass is 499 g/mol. The maximum absolute atomic E-state index is 13.3. The lowest BCUT2D eigenvalue weighted by Crippen LogP contribution is -2.67. The highest BCUT2D eigenvalue weighted by Crippen LogP contribution is 2.37. The summed E-state index contributed by atoms with van der Waals surface area (Å²) in [4.78, 5) is 29.1. The van der Waals surface area contributed by atoms with E-state index in [9.17, 15) is 22.8 Å².